The maximum absolute atomic E-state index is 12.9. The summed E-state index contributed by atoms with van der Waals surface area (Å²) in [5.74, 6) is 0.213. The Balaban J connectivity index is 1.73. The maximum atomic E-state index is 12.9. The second kappa shape index (κ2) is 7.85. The molecule has 7 heteroatoms. The van der Waals surface area contributed by atoms with Crippen molar-refractivity contribution in [3.8, 4) is 0 Å². The number of carbonyl (C=O) groups excluding carboxylic acids is 3. The summed E-state index contributed by atoms with van der Waals surface area (Å²) in [6.07, 6.45) is 4.31. The molecule has 1 aromatic rings. The van der Waals surface area contributed by atoms with Crippen LogP contribution >= 0.6 is 0 Å². The van der Waals surface area contributed by atoms with Gasteiger partial charge in [0.15, 0.2) is 0 Å². The molecule has 140 valence electrons. The molecule has 2 saturated heterocycles. The van der Waals surface area contributed by atoms with Gasteiger partial charge in [0.25, 0.3) is 0 Å². The molecule has 1 unspecified atom stereocenters. The van der Waals surface area contributed by atoms with Crippen LogP contribution in [0.2, 0.25) is 0 Å². The SMILES string of the molecule is CC(C)CN1CC(=O)N2CCCN(C(=O)Cc3cccnc3)CC2C1=O. The van der Waals surface area contributed by atoms with E-state index in [0.717, 1.165) is 5.56 Å². The molecule has 0 spiro atoms. The number of fused-ring (bicyclic) bond motifs is 1. The highest BCUT2D eigenvalue weighted by atomic mass is 16.2. The van der Waals surface area contributed by atoms with E-state index in [1.807, 2.05) is 19.9 Å². The Labute approximate surface area is 154 Å². The van der Waals surface area contributed by atoms with Gasteiger partial charge in [-0.3, -0.25) is 19.4 Å². The number of amides is 3. The molecule has 0 aliphatic carbocycles. The van der Waals surface area contributed by atoms with Crippen LogP contribution in [-0.2, 0) is 20.8 Å². The summed E-state index contributed by atoms with van der Waals surface area (Å²) in [7, 11) is 0. The van der Waals surface area contributed by atoms with Crippen LogP contribution in [0.15, 0.2) is 24.5 Å². The van der Waals surface area contributed by atoms with Crippen LogP contribution in [0.4, 0.5) is 0 Å². The summed E-state index contributed by atoms with van der Waals surface area (Å²) in [4.78, 5) is 47.2. The van der Waals surface area contributed by atoms with Gasteiger partial charge in [0, 0.05) is 32.0 Å². The normalized spacial score (nSPS) is 21.0. The van der Waals surface area contributed by atoms with Gasteiger partial charge in [-0.15, -0.1) is 0 Å². The third kappa shape index (κ3) is 4.03. The number of carbonyl (C=O) groups is 3. The van der Waals surface area contributed by atoms with E-state index in [0.29, 0.717) is 32.0 Å². The molecule has 3 heterocycles. The number of aromatic nitrogens is 1. The summed E-state index contributed by atoms with van der Waals surface area (Å²) in [5.41, 5.74) is 0.853. The smallest absolute Gasteiger partial charge is 0.247 e. The van der Waals surface area contributed by atoms with E-state index in [4.69, 9.17) is 0 Å². The van der Waals surface area contributed by atoms with Crippen LogP contribution in [0, 0.1) is 5.92 Å². The first-order chi connectivity index (χ1) is 12.5. The van der Waals surface area contributed by atoms with Gasteiger partial charge in [-0.25, -0.2) is 0 Å². The molecule has 2 aliphatic rings. The van der Waals surface area contributed by atoms with E-state index >= 15 is 0 Å². The van der Waals surface area contributed by atoms with E-state index in [2.05, 4.69) is 4.98 Å². The second-order valence-corrected chi connectivity index (χ2v) is 7.45. The highest BCUT2D eigenvalue weighted by Gasteiger charge is 2.41. The van der Waals surface area contributed by atoms with Crippen molar-refractivity contribution in [3.63, 3.8) is 0 Å². The fraction of sp³-hybridized carbons (Fsp3) is 0.579. The molecule has 1 atom stereocenters. The molecule has 3 amide bonds. The van der Waals surface area contributed by atoms with Gasteiger partial charge in [0.1, 0.15) is 6.04 Å². The lowest BCUT2D eigenvalue weighted by atomic mass is 10.1. The van der Waals surface area contributed by atoms with E-state index < -0.39 is 6.04 Å². The van der Waals surface area contributed by atoms with Gasteiger partial charge in [-0.1, -0.05) is 19.9 Å². The third-order valence-electron chi connectivity index (χ3n) is 4.86. The van der Waals surface area contributed by atoms with Gasteiger partial charge >= 0.3 is 0 Å². The summed E-state index contributed by atoms with van der Waals surface area (Å²) < 4.78 is 0. The Hall–Kier alpha value is -2.44. The van der Waals surface area contributed by atoms with Crippen LogP contribution in [0.3, 0.4) is 0 Å². The van der Waals surface area contributed by atoms with E-state index in [9.17, 15) is 14.4 Å². The van der Waals surface area contributed by atoms with Gasteiger partial charge in [0.05, 0.1) is 19.5 Å². The highest BCUT2D eigenvalue weighted by Crippen LogP contribution is 2.19. The largest absolute Gasteiger partial charge is 0.340 e. The number of pyridine rings is 1. The van der Waals surface area contributed by atoms with Crippen molar-refractivity contribution >= 4 is 17.7 Å². The summed E-state index contributed by atoms with van der Waals surface area (Å²) >= 11 is 0. The predicted octanol–water partition coefficient (Wildman–Crippen LogP) is 0.552. The lowest BCUT2D eigenvalue weighted by Crippen LogP contribution is -2.62. The van der Waals surface area contributed by atoms with Crippen LogP contribution in [0.5, 0.6) is 0 Å². The monoisotopic (exact) mass is 358 g/mol. The van der Waals surface area contributed by atoms with Crippen molar-refractivity contribution in [2.45, 2.75) is 32.7 Å². The number of hydrogen-bond acceptors (Lipinski definition) is 4. The molecule has 2 aliphatic heterocycles. The number of rotatable bonds is 4. The molecule has 0 bridgehead atoms. The average molecular weight is 358 g/mol. The molecule has 0 aromatic carbocycles. The lowest BCUT2D eigenvalue weighted by Gasteiger charge is -2.40. The summed E-state index contributed by atoms with van der Waals surface area (Å²) in [6, 6.07) is 3.12. The zero-order chi connectivity index (χ0) is 18.7. The van der Waals surface area contributed by atoms with E-state index in [1.54, 1.807) is 33.2 Å². The van der Waals surface area contributed by atoms with Crippen molar-refractivity contribution in [3.05, 3.63) is 30.1 Å². The van der Waals surface area contributed by atoms with Crippen molar-refractivity contribution < 1.29 is 14.4 Å². The Morgan fingerprint density at radius 2 is 2.12 bits per heavy atom. The molecule has 3 rings (SSSR count). The Bertz CT molecular complexity index is 677. The zero-order valence-electron chi connectivity index (χ0n) is 15.4. The summed E-state index contributed by atoms with van der Waals surface area (Å²) in [5, 5.41) is 0. The zero-order valence-corrected chi connectivity index (χ0v) is 15.4. The molecular weight excluding hydrogens is 332 g/mol. The minimum Gasteiger partial charge on any atom is -0.340 e. The molecule has 0 radical (unpaired) electrons. The van der Waals surface area contributed by atoms with Crippen molar-refractivity contribution in [1.29, 1.82) is 0 Å². The quantitative estimate of drug-likeness (QED) is 0.788. The lowest BCUT2D eigenvalue weighted by molar-refractivity contribution is -0.156. The molecule has 0 saturated carbocycles. The van der Waals surface area contributed by atoms with Gasteiger partial charge in [-0.05, 0) is 24.0 Å². The predicted molar refractivity (Wildman–Crippen MR) is 96.1 cm³/mol. The average Bonchev–Trinajstić information content (AvgIpc) is 2.83. The molecule has 26 heavy (non-hydrogen) atoms. The Morgan fingerprint density at radius 3 is 2.81 bits per heavy atom. The third-order valence-corrected chi connectivity index (χ3v) is 4.86. The number of hydrogen-bond donors (Lipinski definition) is 0. The van der Waals surface area contributed by atoms with Gasteiger partial charge in [-0.2, -0.15) is 0 Å². The molecular formula is C19H26N4O3. The van der Waals surface area contributed by atoms with Crippen LogP contribution in [0.1, 0.15) is 25.8 Å². The number of piperazine rings is 1. The van der Waals surface area contributed by atoms with Gasteiger partial charge in [0.2, 0.25) is 17.7 Å². The minimum absolute atomic E-state index is 0.0168. The Morgan fingerprint density at radius 1 is 1.31 bits per heavy atom. The number of nitrogens with zero attached hydrogens (tertiary/aromatic N) is 4. The molecule has 2 fully saturated rings. The van der Waals surface area contributed by atoms with Crippen LogP contribution < -0.4 is 0 Å². The maximum Gasteiger partial charge on any atom is 0.247 e. The van der Waals surface area contributed by atoms with Crippen LogP contribution in [0.25, 0.3) is 0 Å². The van der Waals surface area contributed by atoms with Crippen molar-refractivity contribution in [2.75, 3.05) is 32.7 Å². The molecule has 1 aromatic heterocycles. The van der Waals surface area contributed by atoms with Crippen molar-refractivity contribution in [1.82, 2.24) is 19.7 Å². The first-order valence-corrected chi connectivity index (χ1v) is 9.20. The fourth-order valence-electron chi connectivity index (χ4n) is 3.65. The molecule has 0 N–H and O–H groups in total. The summed E-state index contributed by atoms with van der Waals surface area (Å²) in [6.45, 7) is 6.15. The second-order valence-electron chi connectivity index (χ2n) is 7.45. The minimum atomic E-state index is -0.560. The Kier molecular flexibility index (Phi) is 5.54. The molecule has 7 nitrogen and oxygen atoms in total. The topological polar surface area (TPSA) is 73.8 Å². The highest BCUT2D eigenvalue weighted by molar-refractivity contribution is 5.95. The fourth-order valence-corrected chi connectivity index (χ4v) is 3.65. The first kappa shape index (κ1) is 18.4. The standard InChI is InChI=1S/C19H26N4O3/c1-14(2)11-22-13-18(25)23-8-4-7-21(12-16(23)19(22)26)17(24)9-15-5-3-6-20-10-15/h3,5-6,10,14,16H,4,7-9,11-13H2,1-2H3. The van der Waals surface area contributed by atoms with E-state index in [1.165, 1.54) is 0 Å². The van der Waals surface area contributed by atoms with Crippen molar-refractivity contribution in [2.24, 2.45) is 5.92 Å². The van der Waals surface area contributed by atoms with Crippen LogP contribution in [-0.4, -0.2) is 76.2 Å². The first-order valence-electron chi connectivity index (χ1n) is 9.20. The van der Waals surface area contributed by atoms with Gasteiger partial charge < -0.3 is 14.7 Å². The van der Waals surface area contributed by atoms with E-state index in [-0.39, 0.29) is 37.2 Å².